The topological polar surface area (TPSA) is 45.5 Å². The van der Waals surface area contributed by atoms with Crippen molar-refractivity contribution in [3.8, 4) is 0 Å². The van der Waals surface area contributed by atoms with Crippen molar-refractivity contribution in [1.29, 1.82) is 0 Å². The molecule has 0 spiro atoms. The van der Waals surface area contributed by atoms with Crippen LogP contribution in [0.2, 0.25) is 0 Å². The summed E-state index contributed by atoms with van der Waals surface area (Å²) in [7, 11) is 0. The van der Waals surface area contributed by atoms with E-state index in [0.29, 0.717) is 5.92 Å². The van der Waals surface area contributed by atoms with Crippen LogP contribution < -0.4 is 5.32 Å². The van der Waals surface area contributed by atoms with Gasteiger partial charge in [-0.05, 0) is 37.9 Å². The lowest BCUT2D eigenvalue weighted by Gasteiger charge is -2.29. The monoisotopic (exact) mass is 273 g/mol. The second-order valence-corrected chi connectivity index (χ2v) is 5.78. The van der Waals surface area contributed by atoms with Crippen molar-refractivity contribution in [3.05, 3.63) is 24.7 Å². The van der Waals surface area contributed by atoms with Gasteiger partial charge < -0.3 is 10.2 Å². The first kappa shape index (κ1) is 13.4. The SMILES string of the molecule is CC(CNc1nccn2nccc12)CN1CCCCC1. The van der Waals surface area contributed by atoms with Crippen LogP contribution in [0.1, 0.15) is 26.2 Å². The third-order valence-electron chi connectivity index (χ3n) is 3.96. The third kappa shape index (κ3) is 3.10. The molecular weight excluding hydrogens is 250 g/mol. The number of nitrogens with one attached hydrogen (secondary N) is 1. The lowest BCUT2D eigenvalue weighted by Crippen LogP contribution is -2.35. The van der Waals surface area contributed by atoms with Gasteiger partial charge in [-0.15, -0.1) is 0 Å². The first-order valence-corrected chi connectivity index (χ1v) is 7.57. The predicted molar refractivity (Wildman–Crippen MR) is 80.9 cm³/mol. The van der Waals surface area contributed by atoms with Crippen molar-refractivity contribution in [2.75, 3.05) is 31.5 Å². The smallest absolute Gasteiger partial charge is 0.152 e. The summed E-state index contributed by atoms with van der Waals surface area (Å²) in [6.45, 7) is 6.96. The Kier molecular flexibility index (Phi) is 4.16. The Bertz CT molecular complexity index is 544. The maximum Gasteiger partial charge on any atom is 0.152 e. The van der Waals surface area contributed by atoms with Crippen molar-refractivity contribution >= 4 is 11.3 Å². The van der Waals surface area contributed by atoms with Gasteiger partial charge in [-0.3, -0.25) is 0 Å². The van der Waals surface area contributed by atoms with Crippen molar-refractivity contribution in [2.24, 2.45) is 5.92 Å². The molecule has 1 fully saturated rings. The molecular formula is C15H23N5. The van der Waals surface area contributed by atoms with E-state index in [2.05, 4.69) is 27.2 Å². The standard InChI is InChI=1S/C15H23N5/c1-13(12-19-8-3-2-4-9-19)11-17-15-14-5-6-18-20(14)10-7-16-15/h5-7,10,13H,2-4,8-9,11-12H2,1H3,(H,16,17). The highest BCUT2D eigenvalue weighted by atomic mass is 15.2. The van der Waals surface area contributed by atoms with Crippen LogP contribution in [0.3, 0.4) is 0 Å². The largest absolute Gasteiger partial charge is 0.368 e. The minimum absolute atomic E-state index is 0.623. The molecule has 2 aromatic rings. The molecule has 5 nitrogen and oxygen atoms in total. The summed E-state index contributed by atoms with van der Waals surface area (Å²) in [4.78, 5) is 7.00. The zero-order chi connectivity index (χ0) is 13.8. The maximum absolute atomic E-state index is 4.41. The third-order valence-corrected chi connectivity index (χ3v) is 3.96. The molecule has 5 heteroatoms. The molecule has 0 radical (unpaired) electrons. The summed E-state index contributed by atoms with van der Waals surface area (Å²) >= 11 is 0. The van der Waals surface area contributed by atoms with Gasteiger partial charge >= 0.3 is 0 Å². The normalized spacial score (nSPS) is 18.2. The number of rotatable bonds is 5. The average Bonchev–Trinajstić information content (AvgIpc) is 2.95. The molecule has 3 heterocycles. The van der Waals surface area contributed by atoms with E-state index in [9.17, 15) is 0 Å². The minimum Gasteiger partial charge on any atom is -0.368 e. The summed E-state index contributed by atoms with van der Waals surface area (Å²) in [5.41, 5.74) is 1.04. The van der Waals surface area contributed by atoms with Crippen LogP contribution in [-0.4, -0.2) is 45.7 Å². The van der Waals surface area contributed by atoms with Crippen molar-refractivity contribution in [1.82, 2.24) is 19.5 Å². The number of nitrogens with zero attached hydrogens (tertiary/aromatic N) is 4. The molecule has 0 saturated carbocycles. The zero-order valence-corrected chi connectivity index (χ0v) is 12.1. The highest BCUT2D eigenvalue weighted by molar-refractivity contribution is 5.66. The molecule has 0 amide bonds. The molecule has 108 valence electrons. The van der Waals surface area contributed by atoms with E-state index in [1.54, 1.807) is 12.4 Å². The molecule has 1 unspecified atom stereocenters. The molecule has 1 N–H and O–H groups in total. The first-order chi connectivity index (χ1) is 9.83. The zero-order valence-electron chi connectivity index (χ0n) is 12.1. The summed E-state index contributed by atoms with van der Waals surface area (Å²) in [6, 6.07) is 1.99. The van der Waals surface area contributed by atoms with Crippen LogP contribution in [0.25, 0.3) is 5.52 Å². The van der Waals surface area contributed by atoms with Crippen LogP contribution >= 0.6 is 0 Å². The van der Waals surface area contributed by atoms with E-state index in [1.165, 1.54) is 38.9 Å². The molecule has 20 heavy (non-hydrogen) atoms. The molecule has 0 bridgehead atoms. The fraction of sp³-hybridized carbons (Fsp3) is 0.600. The van der Waals surface area contributed by atoms with Crippen molar-refractivity contribution in [2.45, 2.75) is 26.2 Å². The van der Waals surface area contributed by atoms with Gasteiger partial charge in [0.2, 0.25) is 0 Å². The van der Waals surface area contributed by atoms with Crippen LogP contribution in [0.15, 0.2) is 24.7 Å². The maximum atomic E-state index is 4.41. The summed E-state index contributed by atoms with van der Waals surface area (Å²) in [6.07, 6.45) is 9.58. The highest BCUT2D eigenvalue weighted by Gasteiger charge is 2.13. The number of aromatic nitrogens is 3. The molecule has 1 saturated heterocycles. The number of anilines is 1. The summed E-state index contributed by atoms with van der Waals surface area (Å²) in [5, 5.41) is 7.69. The van der Waals surface area contributed by atoms with Crippen LogP contribution in [0.4, 0.5) is 5.82 Å². The van der Waals surface area contributed by atoms with Crippen LogP contribution in [0, 0.1) is 5.92 Å². The van der Waals surface area contributed by atoms with E-state index >= 15 is 0 Å². The van der Waals surface area contributed by atoms with Gasteiger partial charge in [-0.25, -0.2) is 9.50 Å². The minimum atomic E-state index is 0.623. The van der Waals surface area contributed by atoms with E-state index in [4.69, 9.17) is 0 Å². The van der Waals surface area contributed by atoms with E-state index < -0.39 is 0 Å². The molecule has 1 aliphatic rings. The average molecular weight is 273 g/mol. The summed E-state index contributed by atoms with van der Waals surface area (Å²) in [5.74, 6) is 1.55. The van der Waals surface area contributed by atoms with Crippen LogP contribution in [0.5, 0.6) is 0 Å². The Morgan fingerprint density at radius 1 is 1.25 bits per heavy atom. The Morgan fingerprint density at radius 3 is 2.95 bits per heavy atom. The second-order valence-electron chi connectivity index (χ2n) is 5.78. The predicted octanol–water partition coefficient (Wildman–Crippen LogP) is 2.26. The quantitative estimate of drug-likeness (QED) is 0.907. The number of hydrogen-bond donors (Lipinski definition) is 1. The van der Waals surface area contributed by atoms with E-state index in [0.717, 1.165) is 17.9 Å². The number of hydrogen-bond acceptors (Lipinski definition) is 4. The van der Waals surface area contributed by atoms with Gasteiger partial charge in [0.15, 0.2) is 5.82 Å². The molecule has 1 aliphatic heterocycles. The van der Waals surface area contributed by atoms with E-state index in [1.807, 2.05) is 16.8 Å². The highest BCUT2D eigenvalue weighted by Crippen LogP contribution is 2.14. The Morgan fingerprint density at radius 2 is 2.10 bits per heavy atom. The fourth-order valence-corrected chi connectivity index (χ4v) is 2.91. The second kappa shape index (κ2) is 6.22. The number of likely N-dealkylation sites (tertiary alicyclic amines) is 1. The lowest BCUT2D eigenvalue weighted by atomic mass is 10.1. The lowest BCUT2D eigenvalue weighted by molar-refractivity contribution is 0.204. The van der Waals surface area contributed by atoms with Gasteiger partial charge in [-0.1, -0.05) is 13.3 Å². The number of fused-ring (bicyclic) bond motifs is 1. The van der Waals surface area contributed by atoms with Gasteiger partial charge in [0.25, 0.3) is 0 Å². The van der Waals surface area contributed by atoms with Crippen molar-refractivity contribution in [3.63, 3.8) is 0 Å². The molecule has 2 aromatic heterocycles. The van der Waals surface area contributed by atoms with Gasteiger partial charge in [0.05, 0.1) is 6.20 Å². The van der Waals surface area contributed by atoms with Gasteiger partial charge in [0, 0.05) is 25.5 Å². The van der Waals surface area contributed by atoms with Gasteiger partial charge in [0.1, 0.15) is 5.52 Å². The molecule has 0 aliphatic carbocycles. The van der Waals surface area contributed by atoms with E-state index in [-0.39, 0.29) is 0 Å². The fourth-order valence-electron chi connectivity index (χ4n) is 2.91. The first-order valence-electron chi connectivity index (χ1n) is 7.57. The Labute approximate surface area is 120 Å². The number of piperidine rings is 1. The van der Waals surface area contributed by atoms with Crippen molar-refractivity contribution < 1.29 is 0 Å². The molecule has 3 rings (SSSR count). The van der Waals surface area contributed by atoms with Crippen LogP contribution in [-0.2, 0) is 0 Å². The Hall–Kier alpha value is -1.62. The summed E-state index contributed by atoms with van der Waals surface area (Å²) < 4.78 is 1.85. The van der Waals surface area contributed by atoms with Gasteiger partial charge in [-0.2, -0.15) is 5.10 Å². The molecule has 1 atom stereocenters. The Balaban J connectivity index is 1.54. The molecule has 0 aromatic carbocycles.